The molecule has 0 fully saturated rings. The summed E-state index contributed by atoms with van der Waals surface area (Å²) in [6.45, 7) is 0. The van der Waals surface area contributed by atoms with E-state index in [1.165, 1.54) is 7.11 Å². The van der Waals surface area contributed by atoms with Crippen molar-refractivity contribution in [3.63, 3.8) is 0 Å². The summed E-state index contributed by atoms with van der Waals surface area (Å²) in [5, 5.41) is 28.1. The Morgan fingerprint density at radius 3 is 2.71 bits per heavy atom. The Hall–Kier alpha value is -2.90. The van der Waals surface area contributed by atoms with Crippen molar-refractivity contribution >= 4 is 34.4 Å². The van der Waals surface area contributed by atoms with Crippen molar-refractivity contribution in [1.82, 2.24) is 15.2 Å². The third kappa shape index (κ3) is 2.22. The summed E-state index contributed by atoms with van der Waals surface area (Å²) in [4.78, 5) is 4.70. The molecule has 2 aromatic heterocycles. The molecule has 24 heavy (non-hydrogen) atoms. The molecule has 7 heteroatoms. The molecule has 0 aliphatic carbocycles. The first-order valence-electron chi connectivity index (χ1n) is 7.45. The Labute approximate surface area is 137 Å². The van der Waals surface area contributed by atoms with Crippen molar-refractivity contribution in [2.24, 2.45) is 0 Å². The number of H-pyrrole nitrogens is 1. The summed E-state index contributed by atoms with van der Waals surface area (Å²) < 4.78 is 5.39. The first-order valence-corrected chi connectivity index (χ1v) is 7.45. The first-order chi connectivity index (χ1) is 11.7. The van der Waals surface area contributed by atoms with Crippen LogP contribution in [0.5, 0.6) is 5.75 Å². The maximum absolute atomic E-state index is 9.52. The maximum atomic E-state index is 9.52. The standard InChI is InChI=1S/C17H14BN3O3/c1-24-17-11(3-2-4-13(17)18(22)23)15-6-5-10-12-9-19-21-16(12)8-7-14(10)20-15/h2-9,22-23H,1H3,(H,19,21). The Balaban J connectivity index is 1.94. The molecule has 0 amide bonds. The Kier molecular flexibility index (Phi) is 3.44. The molecule has 3 N–H and O–H groups in total. The zero-order chi connectivity index (χ0) is 16.7. The quantitative estimate of drug-likeness (QED) is 0.497. The molecule has 2 heterocycles. The molecule has 0 aliphatic heterocycles. The van der Waals surface area contributed by atoms with Crippen molar-refractivity contribution in [2.45, 2.75) is 0 Å². The molecular formula is C17H14BN3O3. The van der Waals surface area contributed by atoms with E-state index in [0.717, 1.165) is 21.8 Å². The number of hydrogen-bond acceptors (Lipinski definition) is 5. The van der Waals surface area contributed by atoms with Crippen molar-refractivity contribution < 1.29 is 14.8 Å². The van der Waals surface area contributed by atoms with Crippen LogP contribution < -0.4 is 10.2 Å². The van der Waals surface area contributed by atoms with Crippen LogP contribution in [0.3, 0.4) is 0 Å². The van der Waals surface area contributed by atoms with E-state index in [1.54, 1.807) is 18.3 Å². The van der Waals surface area contributed by atoms with Gasteiger partial charge in [-0.25, -0.2) is 4.98 Å². The van der Waals surface area contributed by atoms with Crippen molar-refractivity contribution in [3.8, 4) is 17.0 Å². The van der Waals surface area contributed by atoms with E-state index < -0.39 is 7.12 Å². The molecule has 0 saturated heterocycles. The Bertz CT molecular complexity index is 1050. The summed E-state index contributed by atoms with van der Waals surface area (Å²) in [5.41, 5.74) is 3.50. The van der Waals surface area contributed by atoms with Crippen LogP contribution in [0.25, 0.3) is 33.1 Å². The summed E-state index contributed by atoms with van der Waals surface area (Å²) in [6, 6.07) is 12.9. The van der Waals surface area contributed by atoms with Gasteiger partial charge in [-0.2, -0.15) is 5.10 Å². The monoisotopic (exact) mass is 319 g/mol. The molecule has 0 atom stereocenters. The lowest BCUT2D eigenvalue weighted by Crippen LogP contribution is -2.31. The molecule has 0 unspecified atom stereocenters. The van der Waals surface area contributed by atoms with E-state index in [-0.39, 0.29) is 0 Å². The van der Waals surface area contributed by atoms with E-state index in [0.29, 0.717) is 22.5 Å². The lowest BCUT2D eigenvalue weighted by atomic mass is 9.78. The average Bonchev–Trinajstić information content (AvgIpc) is 3.09. The number of methoxy groups -OCH3 is 1. The van der Waals surface area contributed by atoms with Crippen LogP contribution in [-0.4, -0.2) is 39.5 Å². The van der Waals surface area contributed by atoms with Gasteiger partial charge >= 0.3 is 7.12 Å². The van der Waals surface area contributed by atoms with Crippen LogP contribution in [0.4, 0.5) is 0 Å². The fourth-order valence-electron chi connectivity index (χ4n) is 2.97. The number of rotatable bonds is 3. The van der Waals surface area contributed by atoms with Gasteiger partial charge in [-0.1, -0.05) is 12.1 Å². The summed E-state index contributed by atoms with van der Waals surface area (Å²) in [7, 11) is -0.105. The molecule has 2 aromatic carbocycles. The number of nitrogens with one attached hydrogen (secondary N) is 1. The predicted molar refractivity (Wildman–Crippen MR) is 93.2 cm³/mol. The van der Waals surface area contributed by atoms with E-state index >= 15 is 0 Å². The smallest absolute Gasteiger partial charge is 0.492 e. The second kappa shape index (κ2) is 5.63. The molecular weight excluding hydrogens is 305 g/mol. The van der Waals surface area contributed by atoms with Gasteiger partial charge in [0, 0.05) is 21.8 Å². The molecule has 0 radical (unpaired) electrons. The van der Waals surface area contributed by atoms with Gasteiger partial charge in [0.15, 0.2) is 0 Å². The molecule has 118 valence electrons. The summed E-state index contributed by atoms with van der Waals surface area (Å²) in [6.07, 6.45) is 1.78. The number of para-hydroxylation sites is 1. The fourth-order valence-corrected chi connectivity index (χ4v) is 2.97. The van der Waals surface area contributed by atoms with Gasteiger partial charge in [0.1, 0.15) is 5.75 Å². The van der Waals surface area contributed by atoms with Crippen LogP contribution in [0.1, 0.15) is 0 Å². The van der Waals surface area contributed by atoms with Gasteiger partial charge in [-0.3, -0.25) is 5.10 Å². The molecule has 6 nitrogen and oxygen atoms in total. The highest BCUT2D eigenvalue weighted by molar-refractivity contribution is 6.60. The Morgan fingerprint density at radius 2 is 1.92 bits per heavy atom. The fraction of sp³-hybridized carbons (Fsp3) is 0.0588. The van der Waals surface area contributed by atoms with Crippen LogP contribution >= 0.6 is 0 Å². The largest absolute Gasteiger partial charge is 0.496 e. The minimum Gasteiger partial charge on any atom is -0.496 e. The third-order valence-corrected chi connectivity index (χ3v) is 4.10. The van der Waals surface area contributed by atoms with E-state index in [1.807, 2.05) is 30.3 Å². The lowest BCUT2D eigenvalue weighted by Gasteiger charge is -2.13. The lowest BCUT2D eigenvalue weighted by molar-refractivity contribution is 0.404. The van der Waals surface area contributed by atoms with Crippen LogP contribution in [0.15, 0.2) is 48.7 Å². The SMILES string of the molecule is COc1c(B(O)O)cccc1-c1ccc2c(ccc3[nH]ncc32)n1. The molecule has 4 rings (SSSR count). The third-order valence-electron chi connectivity index (χ3n) is 4.10. The first kappa shape index (κ1) is 14.7. The number of nitrogens with zero attached hydrogens (tertiary/aromatic N) is 2. The second-order valence-electron chi connectivity index (χ2n) is 5.46. The van der Waals surface area contributed by atoms with Crippen LogP contribution in [0, 0.1) is 0 Å². The zero-order valence-corrected chi connectivity index (χ0v) is 12.9. The van der Waals surface area contributed by atoms with Gasteiger partial charge in [-0.15, -0.1) is 0 Å². The highest BCUT2D eigenvalue weighted by Crippen LogP contribution is 2.30. The van der Waals surface area contributed by atoms with Gasteiger partial charge in [-0.05, 0) is 30.3 Å². The number of benzene rings is 2. The maximum Gasteiger partial charge on any atom is 0.492 e. The molecule has 0 spiro atoms. The number of fused-ring (bicyclic) bond motifs is 3. The van der Waals surface area contributed by atoms with Crippen molar-refractivity contribution in [1.29, 1.82) is 0 Å². The Morgan fingerprint density at radius 1 is 1.04 bits per heavy atom. The molecule has 0 aliphatic rings. The molecule has 4 aromatic rings. The highest BCUT2D eigenvalue weighted by Gasteiger charge is 2.20. The van der Waals surface area contributed by atoms with Gasteiger partial charge < -0.3 is 14.8 Å². The summed E-state index contributed by atoms with van der Waals surface area (Å²) in [5.74, 6) is 0.406. The van der Waals surface area contributed by atoms with E-state index in [2.05, 4.69) is 10.2 Å². The minimum absolute atomic E-state index is 0.308. The number of hydrogen-bond donors (Lipinski definition) is 3. The van der Waals surface area contributed by atoms with Crippen LogP contribution in [0.2, 0.25) is 0 Å². The average molecular weight is 319 g/mol. The van der Waals surface area contributed by atoms with Crippen molar-refractivity contribution in [2.75, 3.05) is 7.11 Å². The topological polar surface area (TPSA) is 91.3 Å². The summed E-state index contributed by atoms with van der Waals surface area (Å²) >= 11 is 0. The number of pyridine rings is 1. The highest BCUT2D eigenvalue weighted by atomic mass is 16.5. The second-order valence-corrected chi connectivity index (χ2v) is 5.46. The van der Waals surface area contributed by atoms with Gasteiger partial charge in [0.2, 0.25) is 0 Å². The minimum atomic E-state index is -1.61. The predicted octanol–water partition coefficient (Wildman–Crippen LogP) is 1.47. The van der Waals surface area contributed by atoms with Crippen LogP contribution in [-0.2, 0) is 0 Å². The van der Waals surface area contributed by atoms with Crippen molar-refractivity contribution in [3.05, 3.63) is 48.7 Å². The number of ether oxygens (including phenoxy) is 1. The van der Waals surface area contributed by atoms with Gasteiger partial charge in [0.25, 0.3) is 0 Å². The zero-order valence-electron chi connectivity index (χ0n) is 12.9. The number of aromatic nitrogens is 3. The number of aromatic amines is 1. The van der Waals surface area contributed by atoms with E-state index in [9.17, 15) is 10.0 Å². The normalized spacial score (nSPS) is 11.1. The van der Waals surface area contributed by atoms with Gasteiger partial charge in [0.05, 0.1) is 30.0 Å². The molecule has 0 bridgehead atoms. The molecule has 0 saturated carbocycles. The van der Waals surface area contributed by atoms with E-state index in [4.69, 9.17) is 9.72 Å².